The Morgan fingerprint density at radius 1 is 0.963 bits per heavy atom. The van der Waals surface area contributed by atoms with Crippen LogP contribution < -0.4 is 21.1 Å². The van der Waals surface area contributed by atoms with Gasteiger partial charge in [-0.05, 0) is 11.1 Å². The molecule has 27 heavy (non-hydrogen) atoms. The van der Waals surface area contributed by atoms with Gasteiger partial charge in [0, 0.05) is 26.1 Å². The van der Waals surface area contributed by atoms with Crippen LogP contribution in [0, 0.1) is 0 Å². The van der Waals surface area contributed by atoms with Crippen molar-refractivity contribution in [1.82, 2.24) is 4.98 Å². The maximum Gasteiger partial charge on any atom is 0.309 e. The summed E-state index contributed by atoms with van der Waals surface area (Å²) in [5.74, 6) is 0.228. The number of aromatic nitrogens is 1. The Morgan fingerprint density at radius 2 is 1.52 bits per heavy atom. The number of benzene rings is 2. The van der Waals surface area contributed by atoms with Crippen molar-refractivity contribution in [2.75, 3.05) is 16.4 Å². The number of pyridine rings is 1. The van der Waals surface area contributed by atoms with Crippen LogP contribution in [0.3, 0.4) is 0 Å². The van der Waals surface area contributed by atoms with Crippen molar-refractivity contribution in [2.24, 2.45) is 0 Å². The predicted octanol–water partition coefficient (Wildman–Crippen LogP) is 3.81. The number of anilines is 3. The molecule has 0 unspecified atom stereocenters. The van der Waals surface area contributed by atoms with Gasteiger partial charge in [0.2, 0.25) is 5.88 Å². The Morgan fingerprint density at radius 3 is 2.07 bits per heavy atom. The molecule has 0 saturated carbocycles. The minimum absolute atomic E-state index is 0.197. The SMILES string of the molecule is CC(=O)Oc1cc(NCc2ccccc2)c(N)c(NCc2ccccc2)n1. The molecule has 0 amide bonds. The van der Waals surface area contributed by atoms with E-state index in [4.69, 9.17) is 10.5 Å². The van der Waals surface area contributed by atoms with Crippen LogP contribution in [0.15, 0.2) is 66.7 Å². The van der Waals surface area contributed by atoms with E-state index in [0.29, 0.717) is 30.3 Å². The zero-order valence-corrected chi connectivity index (χ0v) is 15.1. The van der Waals surface area contributed by atoms with Gasteiger partial charge in [0.15, 0.2) is 5.82 Å². The molecule has 1 heterocycles. The highest BCUT2D eigenvalue weighted by atomic mass is 16.5. The summed E-state index contributed by atoms with van der Waals surface area (Å²) in [7, 11) is 0. The Kier molecular flexibility index (Phi) is 5.89. The van der Waals surface area contributed by atoms with Gasteiger partial charge < -0.3 is 21.1 Å². The molecule has 0 aliphatic carbocycles. The van der Waals surface area contributed by atoms with Crippen LogP contribution in [0.5, 0.6) is 5.88 Å². The number of nitrogens with two attached hydrogens (primary N) is 1. The summed E-state index contributed by atoms with van der Waals surface area (Å²) >= 11 is 0. The quantitative estimate of drug-likeness (QED) is 0.554. The van der Waals surface area contributed by atoms with E-state index in [2.05, 4.69) is 15.6 Å². The van der Waals surface area contributed by atoms with Crippen molar-refractivity contribution < 1.29 is 9.53 Å². The summed E-state index contributed by atoms with van der Waals surface area (Å²) in [5.41, 5.74) is 9.61. The minimum Gasteiger partial charge on any atom is -0.407 e. The van der Waals surface area contributed by atoms with E-state index >= 15 is 0 Å². The molecule has 0 aliphatic rings. The molecular weight excluding hydrogens is 340 g/mol. The van der Waals surface area contributed by atoms with Gasteiger partial charge in [-0.3, -0.25) is 4.79 Å². The second-order valence-electron chi connectivity index (χ2n) is 6.04. The first-order valence-corrected chi connectivity index (χ1v) is 8.66. The highest BCUT2D eigenvalue weighted by molar-refractivity contribution is 5.80. The lowest BCUT2D eigenvalue weighted by Gasteiger charge is -2.15. The number of esters is 1. The third-order valence-electron chi connectivity index (χ3n) is 3.91. The zero-order valence-electron chi connectivity index (χ0n) is 15.1. The summed E-state index contributed by atoms with van der Waals surface area (Å²) in [5, 5.41) is 6.50. The molecule has 1 aromatic heterocycles. The fraction of sp³-hybridized carbons (Fsp3) is 0.143. The average molecular weight is 362 g/mol. The van der Waals surface area contributed by atoms with E-state index in [-0.39, 0.29) is 5.88 Å². The largest absolute Gasteiger partial charge is 0.407 e. The number of rotatable bonds is 7. The molecule has 4 N–H and O–H groups in total. The van der Waals surface area contributed by atoms with Crippen molar-refractivity contribution in [3.8, 4) is 5.88 Å². The normalized spacial score (nSPS) is 10.3. The molecule has 0 spiro atoms. The van der Waals surface area contributed by atoms with Crippen molar-refractivity contribution in [3.05, 3.63) is 77.9 Å². The number of hydrogen-bond donors (Lipinski definition) is 3. The molecule has 3 aromatic rings. The standard InChI is InChI=1S/C21H22N4O2/c1-15(26)27-19-12-18(23-13-16-8-4-2-5-9-16)20(22)21(25-19)24-14-17-10-6-3-7-11-17/h2-12H,13-14,22H2,1H3,(H2,23,24,25). The van der Waals surface area contributed by atoms with Crippen LogP contribution in [0.1, 0.15) is 18.1 Å². The summed E-state index contributed by atoms with van der Waals surface area (Å²) < 4.78 is 5.17. The van der Waals surface area contributed by atoms with Crippen molar-refractivity contribution in [3.63, 3.8) is 0 Å². The van der Waals surface area contributed by atoms with E-state index in [1.54, 1.807) is 6.07 Å². The number of hydrogen-bond acceptors (Lipinski definition) is 6. The Labute approximate surface area is 158 Å². The summed E-state index contributed by atoms with van der Waals surface area (Å²) in [6.45, 7) is 2.48. The van der Waals surface area contributed by atoms with Gasteiger partial charge in [0.1, 0.15) is 0 Å². The van der Waals surface area contributed by atoms with Crippen LogP contribution in [0.4, 0.5) is 17.2 Å². The Balaban J connectivity index is 1.81. The molecule has 0 atom stereocenters. The summed E-state index contributed by atoms with van der Waals surface area (Å²) in [6, 6.07) is 21.5. The van der Waals surface area contributed by atoms with E-state index in [0.717, 1.165) is 11.1 Å². The minimum atomic E-state index is -0.435. The lowest BCUT2D eigenvalue weighted by Crippen LogP contribution is -2.11. The van der Waals surface area contributed by atoms with Gasteiger partial charge in [0.25, 0.3) is 0 Å². The van der Waals surface area contributed by atoms with Gasteiger partial charge in [0.05, 0.1) is 11.4 Å². The average Bonchev–Trinajstić information content (AvgIpc) is 2.68. The highest BCUT2D eigenvalue weighted by Crippen LogP contribution is 2.31. The molecule has 6 heteroatoms. The van der Waals surface area contributed by atoms with Crippen LogP contribution >= 0.6 is 0 Å². The molecule has 0 fully saturated rings. The highest BCUT2D eigenvalue weighted by Gasteiger charge is 2.12. The first-order valence-electron chi connectivity index (χ1n) is 8.66. The molecule has 0 bridgehead atoms. The van der Waals surface area contributed by atoms with E-state index in [1.807, 2.05) is 60.7 Å². The second kappa shape index (κ2) is 8.71. The lowest BCUT2D eigenvalue weighted by atomic mass is 10.2. The number of carbonyl (C=O) groups excluding carboxylic acids is 1. The molecule has 6 nitrogen and oxygen atoms in total. The molecule has 0 radical (unpaired) electrons. The Bertz CT molecular complexity index is 834. The number of nitrogens with zero attached hydrogens (tertiary/aromatic N) is 1. The summed E-state index contributed by atoms with van der Waals surface area (Å²) in [6.07, 6.45) is 0. The van der Waals surface area contributed by atoms with Crippen LogP contribution in [-0.4, -0.2) is 11.0 Å². The first-order chi connectivity index (χ1) is 13.1. The van der Waals surface area contributed by atoms with Gasteiger partial charge in [-0.15, -0.1) is 0 Å². The maximum atomic E-state index is 11.3. The van der Waals surface area contributed by atoms with Gasteiger partial charge in [-0.2, -0.15) is 4.98 Å². The molecule has 0 saturated heterocycles. The number of ether oxygens (including phenoxy) is 1. The molecule has 138 valence electrons. The van der Waals surface area contributed by atoms with Crippen LogP contribution in [0.2, 0.25) is 0 Å². The number of nitrogens with one attached hydrogen (secondary N) is 2. The smallest absolute Gasteiger partial charge is 0.309 e. The fourth-order valence-corrected chi connectivity index (χ4v) is 2.59. The van der Waals surface area contributed by atoms with Crippen LogP contribution in [-0.2, 0) is 17.9 Å². The van der Waals surface area contributed by atoms with Crippen molar-refractivity contribution >= 4 is 23.2 Å². The third kappa shape index (κ3) is 5.22. The molecule has 2 aromatic carbocycles. The van der Waals surface area contributed by atoms with Crippen LogP contribution in [0.25, 0.3) is 0 Å². The van der Waals surface area contributed by atoms with Gasteiger partial charge >= 0.3 is 5.97 Å². The topological polar surface area (TPSA) is 89.3 Å². The van der Waals surface area contributed by atoms with Gasteiger partial charge in [-0.1, -0.05) is 60.7 Å². The fourth-order valence-electron chi connectivity index (χ4n) is 2.59. The molecule has 0 aliphatic heterocycles. The third-order valence-corrected chi connectivity index (χ3v) is 3.91. The van der Waals surface area contributed by atoms with Crippen molar-refractivity contribution in [2.45, 2.75) is 20.0 Å². The number of nitrogen functional groups attached to an aromatic ring is 1. The Hall–Kier alpha value is -3.54. The van der Waals surface area contributed by atoms with Gasteiger partial charge in [-0.25, -0.2) is 0 Å². The first kappa shape index (κ1) is 18.3. The predicted molar refractivity (Wildman–Crippen MR) is 107 cm³/mol. The van der Waals surface area contributed by atoms with E-state index in [1.165, 1.54) is 6.92 Å². The molecule has 3 rings (SSSR count). The summed E-state index contributed by atoms with van der Waals surface area (Å²) in [4.78, 5) is 15.7. The monoisotopic (exact) mass is 362 g/mol. The van der Waals surface area contributed by atoms with Crippen molar-refractivity contribution in [1.29, 1.82) is 0 Å². The van der Waals surface area contributed by atoms with E-state index in [9.17, 15) is 4.79 Å². The zero-order chi connectivity index (χ0) is 19.1. The second-order valence-corrected chi connectivity index (χ2v) is 6.04. The van der Waals surface area contributed by atoms with E-state index < -0.39 is 5.97 Å². The lowest BCUT2D eigenvalue weighted by molar-refractivity contribution is -0.132. The maximum absolute atomic E-state index is 11.3. The molecular formula is C21H22N4O2. The number of carbonyl (C=O) groups is 1.